The number of hydrogen-bond acceptors (Lipinski definition) is 5. The Morgan fingerprint density at radius 3 is 2.68 bits per heavy atom. The molecule has 0 saturated carbocycles. The van der Waals surface area contributed by atoms with E-state index in [9.17, 15) is 22.4 Å². The van der Waals surface area contributed by atoms with E-state index < -0.39 is 29.8 Å². The average molecular weight is 437 g/mol. The van der Waals surface area contributed by atoms with Gasteiger partial charge in [-0.1, -0.05) is 6.07 Å². The Morgan fingerprint density at radius 1 is 1.23 bits per heavy atom. The third kappa shape index (κ3) is 4.35. The van der Waals surface area contributed by atoms with Crippen molar-refractivity contribution in [1.29, 1.82) is 0 Å². The highest BCUT2D eigenvalue weighted by atomic mass is 19.4. The van der Waals surface area contributed by atoms with Gasteiger partial charge in [0, 0.05) is 30.2 Å². The summed E-state index contributed by atoms with van der Waals surface area (Å²) in [4.78, 5) is 13.6. The molecule has 2 aliphatic heterocycles. The van der Waals surface area contributed by atoms with Crippen LogP contribution < -0.4 is 15.5 Å². The van der Waals surface area contributed by atoms with Gasteiger partial charge in [0.1, 0.15) is 5.82 Å². The monoisotopic (exact) mass is 437 g/mol. The summed E-state index contributed by atoms with van der Waals surface area (Å²) >= 11 is 0. The molecular weight excluding hydrogens is 418 g/mol. The number of ether oxygens (including phenoxy) is 2. The second kappa shape index (κ2) is 8.20. The first-order valence-electron chi connectivity index (χ1n) is 9.46. The number of rotatable bonds is 5. The van der Waals surface area contributed by atoms with Crippen LogP contribution in [0.2, 0.25) is 0 Å². The van der Waals surface area contributed by atoms with Crippen LogP contribution in [0.5, 0.6) is 0 Å². The number of carbonyl (C=O) groups is 1. The van der Waals surface area contributed by atoms with E-state index in [-0.39, 0.29) is 29.1 Å². The van der Waals surface area contributed by atoms with Crippen LogP contribution in [-0.4, -0.2) is 39.0 Å². The molecule has 0 atom stereocenters. The van der Waals surface area contributed by atoms with E-state index in [1.807, 2.05) is 0 Å². The molecule has 6 nitrogen and oxygen atoms in total. The highest BCUT2D eigenvalue weighted by molar-refractivity contribution is 6.31. The Hall–Kier alpha value is -3.11. The molecule has 2 N–H and O–H groups in total. The van der Waals surface area contributed by atoms with Gasteiger partial charge in [0.2, 0.25) is 0 Å². The maximum Gasteiger partial charge on any atom is 0.418 e. The van der Waals surface area contributed by atoms with Gasteiger partial charge < -0.3 is 25.0 Å². The number of benzene rings is 2. The lowest BCUT2D eigenvalue weighted by Gasteiger charge is -2.26. The number of likely N-dealkylation sites (N-methyl/N-ethyl adjacent to an activating group) is 1. The number of carbonyl (C=O) groups excluding carboxylic acids is 1. The van der Waals surface area contributed by atoms with Crippen molar-refractivity contribution >= 4 is 28.5 Å². The van der Waals surface area contributed by atoms with E-state index in [1.54, 1.807) is 6.07 Å². The lowest BCUT2D eigenvalue weighted by atomic mass is 10.1. The molecular formula is C21H19F4N3O3. The van der Waals surface area contributed by atoms with E-state index >= 15 is 0 Å². The molecule has 1 amide bonds. The molecule has 2 heterocycles. The quantitative estimate of drug-likeness (QED) is 0.546. The predicted molar refractivity (Wildman–Crippen MR) is 107 cm³/mol. The number of alkyl halides is 3. The summed E-state index contributed by atoms with van der Waals surface area (Å²) in [5, 5.41) is 5.20. The molecule has 0 bridgehead atoms. The maximum atomic E-state index is 14.1. The molecule has 0 aliphatic carbocycles. The Balaban J connectivity index is 1.60. The Labute approximate surface area is 175 Å². The normalized spacial score (nSPS) is 17.7. The van der Waals surface area contributed by atoms with Gasteiger partial charge in [0.25, 0.3) is 5.91 Å². The van der Waals surface area contributed by atoms with Crippen molar-refractivity contribution in [3.8, 4) is 0 Å². The Kier molecular flexibility index (Phi) is 5.59. The Morgan fingerprint density at radius 2 is 1.97 bits per heavy atom. The number of anilines is 3. The molecule has 2 aromatic carbocycles. The van der Waals surface area contributed by atoms with Crippen molar-refractivity contribution in [3.05, 3.63) is 59.5 Å². The van der Waals surface area contributed by atoms with Crippen molar-refractivity contribution in [3.63, 3.8) is 0 Å². The van der Waals surface area contributed by atoms with Crippen molar-refractivity contribution in [2.45, 2.75) is 12.5 Å². The van der Waals surface area contributed by atoms with Gasteiger partial charge in [-0.15, -0.1) is 0 Å². The van der Waals surface area contributed by atoms with Gasteiger partial charge in [0.15, 0.2) is 6.29 Å². The summed E-state index contributed by atoms with van der Waals surface area (Å²) in [7, 11) is 1.52. The number of nitrogens with zero attached hydrogens (tertiary/aromatic N) is 1. The minimum Gasteiger partial charge on any atom is -0.369 e. The van der Waals surface area contributed by atoms with Crippen LogP contribution in [0.4, 0.5) is 34.6 Å². The lowest BCUT2D eigenvalue weighted by molar-refractivity contribution is -0.137. The third-order valence-corrected chi connectivity index (χ3v) is 4.99. The van der Waals surface area contributed by atoms with Gasteiger partial charge in [-0.3, -0.25) is 4.79 Å². The predicted octanol–water partition coefficient (Wildman–Crippen LogP) is 4.06. The second-order valence-electron chi connectivity index (χ2n) is 7.10. The molecule has 2 aromatic rings. The molecule has 1 saturated heterocycles. The summed E-state index contributed by atoms with van der Waals surface area (Å²) in [6, 6.07) is 7.91. The molecule has 0 aromatic heterocycles. The van der Waals surface area contributed by atoms with Gasteiger partial charge in [0.05, 0.1) is 36.6 Å². The first-order chi connectivity index (χ1) is 14.7. The van der Waals surface area contributed by atoms with Gasteiger partial charge in [-0.05, 0) is 30.3 Å². The zero-order valence-electron chi connectivity index (χ0n) is 16.4. The van der Waals surface area contributed by atoms with Gasteiger partial charge >= 0.3 is 6.18 Å². The van der Waals surface area contributed by atoms with Crippen LogP contribution >= 0.6 is 0 Å². The fourth-order valence-corrected chi connectivity index (χ4v) is 3.52. The second-order valence-corrected chi connectivity index (χ2v) is 7.10. The van der Waals surface area contributed by atoms with Crippen LogP contribution in [0.1, 0.15) is 11.1 Å². The average Bonchev–Trinajstić information content (AvgIpc) is 3.33. The largest absolute Gasteiger partial charge is 0.418 e. The molecule has 4 rings (SSSR count). The fourth-order valence-electron chi connectivity index (χ4n) is 3.52. The van der Waals surface area contributed by atoms with Crippen LogP contribution in [0.3, 0.4) is 0 Å². The standard InChI is InChI=1S/C21H19F4N3O3/c1-28(11-18-30-7-8-31-18)17-6-5-12(9-14(17)21(23,24)25)26-10-13-19-15(22)3-2-4-16(19)27-20(13)29/h2-6,9-10,18,26H,7-8,11H2,1H3,(H,27,29)/b13-10+. The third-order valence-electron chi connectivity index (χ3n) is 4.99. The van der Waals surface area contributed by atoms with Crippen molar-refractivity contribution in [2.75, 3.05) is 42.3 Å². The van der Waals surface area contributed by atoms with Crippen molar-refractivity contribution in [1.82, 2.24) is 0 Å². The van der Waals surface area contributed by atoms with E-state index in [4.69, 9.17) is 9.47 Å². The molecule has 1 fully saturated rings. The first kappa shape index (κ1) is 21.1. The first-order valence-corrected chi connectivity index (χ1v) is 9.46. The molecule has 10 heteroatoms. The van der Waals surface area contributed by atoms with E-state index in [0.29, 0.717) is 18.9 Å². The number of halogens is 4. The minimum atomic E-state index is -4.62. The van der Waals surface area contributed by atoms with E-state index in [1.165, 1.54) is 42.4 Å². The van der Waals surface area contributed by atoms with Crippen LogP contribution in [0.25, 0.3) is 5.57 Å². The SMILES string of the molecule is CN(CC1OCCO1)c1ccc(N/C=C2/C(=O)Nc3cccc(F)c32)cc1C(F)(F)F. The fraction of sp³-hybridized carbons (Fsp3) is 0.286. The maximum absolute atomic E-state index is 14.1. The summed E-state index contributed by atoms with van der Waals surface area (Å²) in [5.41, 5.74) is -0.425. The molecule has 0 unspecified atom stereocenters. The number of hydrogen-bond donors (Lipinski definition) is 2. The van der Waals surface area contributed by atoms with Crippen molar-refractivity contribution in [2.24, 2.45) is 0 Å². The zero-order chi connectivity index (χ0) is 22.2. The smallest absolute Gasteiger partial charge is 0.369 e. The number of fused-ring (bicyclic) bond motifs is 1. The number of amides is 1. The van der Waals surface area contributed by atoms with Crippen molar-refractivity contribution < 1.29 is 31.8 Å². The molecule has 31 heavy (non-hydrogen) atoms. The summed E-state index contributed by atoms with van der Waals surface area (Å²) in [6.07, 6.45) is -4.01. The summed E-state index contributed by atoms with van der Waals surface area (Å²) in [5.74, 6) is -1.15. The molecule has 0 radical (unpaired) electrons. The van der Waals surface area contributed by atoms with Crippen LogP contribution in [-0.2, 0) is 20.4 Å². The van der Waals surface area contributed by atoms with Gasteiger partial charge in [-0.25, -0.2) is 4.39 Å². The van der Waals surface area contributed by atoms with E-state index in [2.05, 4.69) is 10.6 Å². The minimum absolute atomic E-state index is 0.00150. The highest BCUT2D eigenvalue weighted by Gasteiger charge is 2.35. The van der Waals surface area contributed by atoms with Gasteiger partial charge in [-0.2, -0.15) is 13.2 Å². The lowest BCUT2D eigenvalue weighted by Crippen LogP contribution is -2.31. The molecule has 0 spiro atoms. The highest BCUT2D eigenvalue weighted by Crippen LogP contribution is 2.39. The Bertz CT molecular complexity index is 1030. The van der Waals surface area contributed by atoms with E-state index in [0.717, 1.165) is 6.07 Å². The van der Waals surface area contributed by atoms with Crippen LogP contribution in [0, 0.1) is 5.82 Å². The topological polar surface area (TPSA) is 62.8 Å². The summed E-state index contributed by atoms with van der Waals surface area (Å²) in [6.45, 7) is 0.940. The van der Waals surface area contributed by atoms with Crippen LogP contribution in [0.15, 0.2) is 42.6 Å². The molecule has 164 valence electrons. The summed E-state index contributed by atoms with van der Waals surface area (Å²) < 4.78 is 65.9. The number of nitrogens with one attached hydrogen (secondary N) is 2. The zero-order valence-corrected chi connectivity index (χ0v) is 16.4. The molecule has 2 aliphatic rings.